The van der Waals surface area contributed by atoms with Crippen LogP contribution in [0.4, 0.5) is 11.4 Å². The number of hydrogen-bond donors (Lipinski definition) is 2. The number of benzene rings is 2. The van der Waals surface area contributed by atoms with E-state index in [1.807, 2.05) is 13.0 Å². The largest absolute Gasteiger partial charge is 0.352 e. The molecule has 2 aromatic rings. The minimum Gasteiger partial charge on any atom is -0.352 e. The number of carbonyl (C=O) groups is 3. The van der Waals surface area contributed by atoms with Crippen LogP contribution in [-0.4, -0.2) is 30.8 Å². The van der Waals surface area contributed by atoms with Gasteiger partial charge >= 0.3 is 0 Å². The number of hydrogen-bond acceptors (Lipinski definition) is 3. The average Bonchev–Trinajstić information content (AvgIpc) is 3.12. The van der Waals surface area contributed by atoms with Gasteiger partial charge < -0.3 is 15.5 Å². The van der Waals surface area contributed by atoms with E-state index >= 15 is 0 Å². The SMILES string of the molecule is CCCNC(=O)c1cccc(NC(=O)c2cccc(N3CCCC3=O)c2)c1. The van der Waals surface area contributed by atoms with Crippen molar-refractivity contribution >= 4 is 29.1 Å². The maximum absolute atomic E-state index is 12.6. The van der Waals surface area contributed by atoms with E-state index in [9.17, 15) is 14.4 Å². The third kappa shape index (κ3) is 4.53. The molecule has 1 fully saturated rings. The highest BCUT2D eigenvalue weighted by atomic mass is 16.2. The van der Waals surface area contributed by atoms with Crippen LogP contribution in [-0.2, 0) is 4.79 Å². The molecule has 0 unspecified atom stereocenters. The second-order valence-electron chi connectivity index (χ2n) is 6.49. The molecule has 3 amide bonds. The second kappa shape index (κ2) is 8.49. The van der Waals surface area contributed by atoms with Gasteiger partial charge in [0.2, 0.25) is 5.91 Å². The Labute approximate surface area is 158 Å². The number of nitrogens with one attached hydrogen (secondary N) is 2. The van der Waals surface area contributed by atoms with Gasteiger partial charge in [-0.2, -0.15) is 0 Å². The lowest BCUT2D eigenvalue weighted by Gasteiger charge is -2.16. The van der Waals surface area contributed by atoms with Crippen molar-refractivity contribution in [1.82, 2.24) is 5.32 Å². The highest BCUT2D eigenvalue weighted by molar-refractivity contribution is 6.06. The predicted molar refractivity (Wildman–Crippen MR) is 105 cm³/mol. The van der Waals surface area contributed by atoms with Gasteiger partial charge in [-0.15, -0.1) is 0 Å². The van der Waals surface area contributed by atoms with Gasteiger partial charge in [0.15, 0.2) is 0 Å². The molecule has 2 N–H and O–H groups in total. The van der Waals surface area contributed by atoms with E-state index in [0.717, 1.165) is 18.5 Å². The van der Waals surface area contributed by atoms with Crippen molar-refractivity contribution in [1.29, 1.82) is 0 Å². The highest BCUT2D eigenvalue weighted by Crippen LogP contribution is 2.23. The summed E-state index contributed by atoms with van der Waals surface area (Å²) >= 11 is 0. The zero-order chi connectivity index (χ0) is 19.2. The van der Waals surface area contributed by atoms with Crippen LogP contribution in [0, 0.1) is 0 Å². The molecule has 1 aliphatic rings. The summed E-state index contributed by atoms with van der Waals surface area (Å²) in [6.45, 7) is 3.27. The minimum absolute atomic E-state index is 0.0818. The molecule has 2 aromatic carbocycles. The lowest BCUT2D eigenvalue weighted by molar-refractivity contribution is -0.117. The van der Waals surface area contributed by atoms with Gasteiger partial charge in [0.05, 0.1) is 0 Å². The Kier molecular flexibility index (Phi) is 5.86. The predicted octanol–water partition coefficient (Wildman–Crippen LogP) is 3.21. The third-order valence-corrected chi connectivity index (χ3v) is 4.41. The normalized spacial score (nSPS) is 13.5. The molecule has 1 saturated heterocycles. The Bertz CT molecular complexity index is 863. The molecule has 0 aromatic heterocycles. The van der Waals surface area contributed by atoms with Gasteiger partial charge in [-0.3, -0.25) is 14.4 Å². The summed E-state index contributed by atoms with van der Waals surface area (Å²) in [5.74, 6) is -0.365. The first kappa shape index (κ1) is 18.6. The van der Waals surface area contributed by atoms with Crippen LogP contribution >= 0.6 is 0 Å². The van der Waals surface area contributed by atoms with Crippen molar-refractivity contribution in [3.8, 4) is 0 Å². The molecular formula is C21H23N3O3. The Morgan fingerprint density at radius 3 is 2.48 bits per heavy atom. The molecule has 3 rings (SSSR count). The van der Waals surface area contributed by atoms with Crippen LogP contribution in [0.1, 0.15) is 46.9 Å². The standard InChI is InChI=1S/C21H23N3O3/c1-2-11-22-20(26)15-6-3-8-17(13-15)23-21(27)16-7-4-9-18(14-16)24-12-5-10-19(24)25/h3-4,6-9,13-14H,2,5,10-12H2,1H3,(H,22,26)(H,23,27). The van der Waals surface area contributed by atoms with Crippen LogP contribution in [0.2, 0.25) is 0 Å². The molecule has 6 heteroatoms. The van der Waals surface area contributed by atoms with Crippen LogP contribution in [0.3, 0.4) is 0 Å². The van der Waals surface area contributed by atoms with Crippen LogP contribution in [0.5, 0.6) is 0 Å². The van der Waals surface area contributed by atoms with Crippen molar-refractivity contribution in [2.45, 2.75) is 26.2 Å². The van der Waals surface area contributed by atoms with Gasteiger partial charge in [-0.1, -0.05) is 19.1 Å². The quantitative estimate of drug-likeness (QED) is 0.825. The third-order valence-electron chi connectivity index (χ3n) is 4.41. The van der Waals surface area contributed by atoms with E-state index in [1.165, 1.54) is 0 Å². The topological polar surface area (TPSA) is 78.5 Å². The molecule has 6 nitrogen and oxygen atoms in total. The van der Waals surface area contributed by atoms with Crippen molar-refractivity contribution in [2.24, 2.45) is 0 Å². The Morgan fingerprint density at radius 1 is 1.04 bits per heavy atom. The Hall–Kier alpha value is -3.15. The molecule has 0 atom stereocenters. The van der Waals surface area contributed by atoms with Crippen molar-refractivity contribution in [3.63, 3.8) is 0 Å². The summed E-state index contributed by atoms with van der Waals surface area (Å²) in [5, 5.41) is 5.63. The van der Waals surface area contributed by atoms with Crippen molar-refractivity contribution in [3.05, 3.63) is 59.7 Å². The first-order valence-corrected chi connectivity index (χ1v) is 9.18. The summed E-state index contributed by atoms with van der Waals surface area (Å²) in [7, 11) is 0. The van der Waals surface area contributed by atoms with E-state index in [0.29, 0.717) is 36.3 Å². The second-order valence-corrected chi connectivity index (χ2v) is 6.49. The molecule has 0 saturated carbocycles. The zero-order valence-corrected chi connectivity index (χ0v) is 15.3. The zero-order valence-electron chi connectivity index (χ0n) is 15.3. The maximum atomic E-state index is 12.6. The van der Waals surface area contributed by atoms with Gasteiger partial charge in [-0.25, -0.2) is 0 Å². The molecule has 140 valence electrons. The summed E-state index contributed by atoms with van der Waals surface area (Å²) in [4.78, 5) is 38.3. The van der Waals surface area contributed by atoms with E-state index in [-0.39, 0.29) is 17.7 Å². The fourth-order valence-electron chi connectivity index (χ4n) is 3.02. The molecule has 27 heavy (non-hydrogen) atoms. The number of rotatable bonds is 6. The summed E-state index contributed by atoms with van der Waals surface area (Å²) in [5.41, 5.74) is 2.25. The van der Waals surface area contributed by atoms with E-state index in [4.69, 9.17) is 0 Å². The molecule has 0 radical (unpaired) electrons. The average molecular weight is 365 g/mol. The molecule has 0 spiro atoms. The number of carbonyl (C=O) groups excluding carboxylic acids is 3. The first-order valence-electron chi connectivity index (χ1n) is 9.18. The van der Waals surface area contributed by atoms with Crippen LogP contribution in [0.15, 0.2) is 48.5 Å². The number of nitrogens with zero attached hydrogens (tertiary/aromatic N) is 1. The number of anilines is 2. The van der Waals surface area contributed by atoms with E-state index in [2.05, 4.69) is 10.6 Å². The van der Waals surface area contributed by atoms with Crippen LogP contribution in [0.25, 0.3) is 0 Å². The minimum atomic E-state index is -0.283. The highest BCUT2D eigenvalue weighted by Gasteiger charge is 2.22. The molecule has 0 bridgehead atoms. The monoisotopic (exact) mass is 365 g/mol. The first-order chi connectivity index (χ1) is 13.1. The van der Waals surface area contributed by atoms with Gasteiger partial charge in [0.1, 0.15) is 0 Å². The molecule has 1 heterocycles. The maximum Gasteiger partial charge on any atom is 0.255 e. The summed E-state index contributed by atoms with van der Waals surface area (Å²) in [6, 6.07) is 13.9. The lowest BCUT2D eigenvalue weighted by Crippen LogP contribution is -2.24. The van der Waals surface area contributed by atoms with Crippen molar-refractivity contribution < 1.29 is 14.4 Å². The fourth-order valence-corrected chi connectivity index (χ4v) is 3.02. The van der Waals surface area contributed by atoms with E-state index in [1.54, 1.807) is 47.4 Å². The van der Waals surface area contributed by atoms with Gasteiger partial charge in [-0.05, 0) is 49.2 Å². The smallest absolute Gasteiger partial charge is 0.255 e. The Balaban J connectivity index is 1.72. The van der Waals surface area contributed by atoms with E-state index < -0.39 is 0 Å². The van der Waals surface area contributed by atoms with Crippen LogP contribution < -0.4 is 15.5 Å². The van der Waals surface area contributed by atoms with Gasteiger partial charge in [0.25, 0.3) is 11.8 Å². The molecule has 0 aliphatic carbocycles. The Morgan fingerprint density at radius 2 is 1.78 bits per heavy atom. The summed E-state index contributed by atoms with van der Waals surface area (Å²) in [6.07, 6.45) is 2.24. The number of amides is 3. The lowest BCUT2D eigenvalue weighted by atomic mass is 10.1. The van der Waals surface area contributed by atoms with Gasteiger partial charge in [0, 0.05) is 42.0 Å². The van der Waals surface area contributed by atoms with Crippen molar-refractivity contribution in [2.75, 3.05) is 23.3 Å². The molecular weight excluding hydrogens is 342 g/mol. The molecule has 1 aliphatic heterocycles. The summed E-state index contributed by atoms with van der Waals surface area (Å²) < 4.78 is 0. The fraction of sp³-hybridized carbons (Fsp3) is 0.286.